The molecular weight excluding hydrogens is 222 g/mol. The number of rotatable bonds is 5. The highest BCUT2D eigenvalue weighted by molar-refractivity contribution is 7.90. The Labute approximate surface area is 85.9 Å². The predicted octanol–water partition coefficient (Wildman–Crippen LogP) is -1.01. The number of aromatic nitrogens is 2. The van der Waals surface area contributed by atoms with Gasteiger partial charge in [-0.3, -0.25) is 9.51 Å². The molecular formula is C7H11N3O4S. The third kappa shape index (κ3) is 2.66. The summed E-state index contributed by atoms with van der Waals surface area (Å²) in [6.45, 7) is 0.224. The maximum Gasteiger partial charge on any atom is 0.438 e. The summed E-state index contributed by atoms with van der Waals surface area (Å²) in [4.78, 5) is 12.9. The van der Waals surface area contributed by atoms with Gasteiger partial charge >= 0.3 is 5.76 Å². The van der Waals surface area contributed by atoms with Gasteiger partial charge in [0.2, 0.25) is 10.0 Å². The molecule has 15 heavy (non-hydrogen) atoms. The lowest BCUT2D eigenvalue weighted by molar-refractivity contribution is 0.381. The van der Waals surface area contributed by atoms with Gasteiger partial charge in [0.15, 0.2) is 5.82 Å². The fourth-order valence-corrected chi connectivity index (χ4v) is 2.56. The van der Waals surface area contributed by atoms with E-state index in [0.29, 0.717) is 12.2 Å². The van der Waals surface area contributed by atoms with Crippen LogP contribution >= 0.6 is 0 Å². The quantitative estimate of drug-likeness (QED) is 0.677. The molecule has 2 rings (SSSR count). The molecule has 84 valence electrons. The molecule has 1 heterocycles. The summed E-state index contributed by atoms with van der Waals surface area (Å²) >= 11 is 0. The monoisotopic (exact) mass is 233 g/mol. The Hall–Kier alpha value is -1.15. The summed E-state index contributed by atoms with van der Waals surface area (Å²) in [5, 5.41) is 3.19. The van der Waals surface area contributed by atoms with Gasteiger partial charge in [-0.05, 0) is 12.8 Å². The molecule has 0 spiro atoms. The van der Waals surface area contributed by atoms with E-state index in [1.807, 2.05) is 0 Å². The van der Waals surface area contributed by atoms with Gasteiger partial charge in [0, 0.05) is 13.0 Å². The van der Waals surface area contributed by atoms with Crippen molar-refractivity contribution in [2.24, 2.45) is 0 Å². The molecule has 0 amide bonds. The molecule has 0 saturated heterocycles. The average molecular weight is 233 g/mol. The first-order chi connectivity index (χ1) is 7.08. The minimum absolute atomic E-state index is 0.224. The van der Waals surface area contributed by atoms with Crippen LogP contribution < -0.4 is 10.5 Å². The molecule has 0 aliphatic heterocycles. The van der Waals surface area contributed by atoms with Crippen LogP contribution in [0.15, 0.2) is 9.32 Å². The topological polar surface area (TPSA) is 105 Å². The van der Waals surface area contributed by atoms with Crippen molar-refractivity contribution >= 4 is 10.0 Å². The first-order valence-corrected chi connectivity index (χ1v) is 6.16. The number of hydrogen-bond acceptors (Lipinski definition) is 5. The van der Waals surface area contributed by atoms with E-state index in [0.717, 1.165) is 12.8 Å². The Balaban J connectivity index is 1.82. The summed E-state index contributed by atoms with van der Waals surface area (Å²) in [6, 6.07) is 0. The highest BCUT2D eigenvalue weighted by atomic mass is 32.2. The minimum atomic E-state index is -3.15. The first kappa shape index (κ1) is 10.4. The standard InChI is InChI=1S/C7H11N3O4S/c11-7-9-6(10-14-7)3-4-8-15(12,13)5-1-2-5/h5,8H,1-4H2,(H,9,10,11). The van der Waals surface area contributed by atoms with Gasteiger partial charge in [-0.2, -0.15) is 0 Å². The molecule has 1 aliphatic rings. The number of nitrogens with zero attached hydrogens (tertiary/aromatic N) is 1. The minimum Gasteiger partial charge on any atom is -0.296 e. The molecule has 1 saturated carbocycles. The maximum absolute atomic E-state index is 11.4. The van der Waals surface area contributed by atoms with Crippen molar-refractivity contribution in [2.75, 3.05) is 6.54 Å². The van der Waals surface area contributed by atoms with E-state index in [9.17, 15) is 13.2 Å². The predicted molar refractivity (Wildman–Crippen MR) is 50.8 cm³/mol. The second-order valence-electron chi connectivity index (χ2n) is 3.43. The molecule has 7 nitrogen and oxygen atoms in total. The summed E-state index contributed by atoms with van der Waals surface area (Å²) in [7, 11) is -3.15. The van der Waals surface area contributed by atoms with Gasteiger partial charge in [-0.15, -0.1) is 0 Å². The van der Waals surface area contributed by atoms with Crippen LogP contribution in [0.2, 0.25) is 0 Å². The van der Waals surface area contributed by atoms with E-state index in [1.54, 1.807) is 0 Å². The second-order valence-corrected chi connectivity index (χ2v) is 5.48. The lowest BCUT2D eigenvalue weighted by Crippen LogP contribution is -2.29. The fraction of sp³-hybridized carbons (Fsp3) is 0.714. The number of H-pyrrole nitrogens is 1. The van der Waals surface area contributed by atoms with Crippen LogP contribution in [0.1, 0.15) is 18.7 Å². The van der Waals surface area contributed by atoms with Crippen LogP contribution in [0.4, 0.5) is 0 Å². The van der Waals surface area contributed by atoms with Gasteiger partial charge in [0.25, 0.3) is 0 Å². The van der Waals surface area contributed by atoms with E-state index in [-0.39, 0.29) is 11.8 Å². The molecule has 8 heteroatoms. The van der Waals surface area contributed by atoms with E-state index >= 15 is 0 Å². The van der Waals surface area contributed by atoms with Gasteiger partial charge in [0.05, 0.1) is 5.25 Å². The molecule has 0 bridgehead atoms. The Morgan fingerprint density at radius 1 is 1.53 bits per heavy atom. The van der Waals surface area contributed by atoms with E-state index < -0.39 is 15.8 Å². The molecule has 0 atom stereocenters. The maximum atomic E-state index is 11.4. The third-order valence-corrected chi connectivity index (χ3v) is 4.07. The van der Waals surface area contributed by atoms with Crippen molar-refractivity contribution in [1.82, 2.24) is 14.9 Å². The van der Waals surface area contributed by atoms with Crippen LogP contribution in [0.3, 0.4) is 0 Å². The fourth-order valence-electron chi connectivity index (χ4n) is 1.18. The summed E-state index contributed by atoms with van der Waals surface area (Å²) in [6.07, 6.45) is 1.78. The molecule has 1 aromatic heterocycles. The molecule has 0 unspecified atom stereocenters. The van der Waals surface area contributed by atoms with Crippen molar-refractivity contribution in [2.45, 2.75) is 24.5 Å². The van der Waals surface area contributed by atoms with Gasteiger partial charge in [-0.25, -0.2) is 17.9 Å². The summed E-state index contributed by atoms with van der Waals surface area (Å²) < 4.78 is 29.4. The van der Waals surface area contributed by atoms with Crippen LogP contribution in [-0.2, 0) is 16.4 Å². The Morgan fingerprint density at radius 3 is 2.80 bits per heavy atom. The van der Waals surface area contributed by atoms with Crippen molar-refractivity contribution in [3.63, 3.8) is 0 Å². The van der Waals surface area contributed by atoms with Crippen molar-refractivity contribution in [3.05, 3.63) is 16.4 Å². The second kappa shape index (κ2) is 3.78. The van der Waals surface area contributed by atoms with Crippen molar-refractivity contribution in [1.29, 1.82) is 0 Å². The molecule has 0 aromatic carbocycles. The van der Waals surface area contributed by atoms with E-state index in [2.05, 4.69) is 19.4 Å². The van der Waals surface area contributed by atoms with Gasteiger partial charge < -0.3 is 0 Å². The first-order valence-electron chi connectivity index (χ1n) is 4.61. The summed E-state index contributed by atoms with van der Waals surface area (Å²) in [5.41, 5.74) is 0. The lowest BCUT2D eigenvalue weighted by atomic mass is 10.4. The van der Waals surface area contributed by atoms with Crippen LogP contribution in [0.5, 0.6) is 0 Å². The molecule has 0 radical (unpaired) electrons. The van der Waals surface area contributed by atoms with Crippen LogP contribution in [-0.4, -0.2) is 30.4 Å². The van der Waals surface area contributed by atoms with Crippen molar-refractivity contribution in [3.8, 4) is 0 Å². The smallest absolute Gasteiger partial charge is 0.296 e. The Morgan fingerprint density at radius 2 is 2.27 bits per heavy atom. The normalized spacial score (nSPS) is 16.8. The highest BCUT2D eigenvalue weighted by Crippen LogP contribution is 2.27. The number of hydrogen-bond donors (Lipinski definition) is 2. The molecule has 1 fully saturated rings. The van der Waals surface area contributed by atoms with Crippen LogP contribution in [0.25, 0.3) is 0 Å². The largest absolute Gasteiger partial charge is 0.438 e. The summed E-state index contributed by atoms with van der Waals surface area (Å²) in [5.74, 6) is -0.284. The number of sulfonamides is 1. The lowest BCUT2D eigenvalue weighted by Gasteiger charge is -2.02. The highest BCUT2D eigenvalue weighted by Gasteiger charge is 2.35. The SMILES string of the molecule is O=c1[nH]c(CCNS(=O)(=O)C2CC2)no1. The Bertz CT molecular complexity index is 484. The molecule has 1 aliphatic carbocycles. The zero-order valence-electron chi connectivity index (χ0n) is 7.89. The van der Waals surface area contributed by atoms with E-state index in [4.69, 9.17) is 0 Å². The van der Waals surface area contributed by atoms with Gasteiger partial charge in [-0.1, -0.05) is 5.16 Å². The van der Waals surface area contributed by atoms with Crippen molar-refractivity contribution < 1.29 is 12.9 Å². The van der Waals surface area contributed by atoms with Gasteiger partial charge in [0.1, 0.15) is 0 Å². The van der Waals surface area contributed by atoms with Crippen LogP contribution in [0, 0.1) is 0 Å². The average Bonchev–Trinajstić information content (AvgIpc) is 2.92. The Kier molecular flexibility index (Phi) is 2.61. The zero-order chi connectivity index (χ0) is 10.9. The zero-order valence-corrected chi connectivity index (χ0v) is 8.71. The van der Waals surface area contributed by atoms with E-state index in [1.165, 1.54) is 0 Å². The molecule has 2 N–H and O–H groups in total. The third-order valence-electron chi connectivity index (χ3n) is 2.11. The number of aromatic amines is 1. The molecule has 1 aromatic rings. The number of nitrogens with one attached hydrogen (secondary N) is 2.